The average molecular weight is 262 g/mol. The predicted molar refractivity (Wildman–Crippen MR) is 70.7 cm³/mol. The molecule has 0 N–H and O–H groups in total. The summed E-state index contributed by atoms with van der Waals surface area (Å²) in [6.45, 7) is 1.91. The molecule has 2 aliphatic carbocycles. The van der Waals surface area contributed by atoms with Crippen molar-refractivity contribution in [3.05, 3.63) is 29.6 Å². The van der Waals surface area contributed by atoms with Gasteiger partial charge in [0.25, 0.3) is 0 Å². The summed E-state index contributed by atoms with van der Waals surface area (Å²) in [7, 11) is 0. The smallest absolute Gasteiger partial charge is 0.165 e. The van der Waals surface area contributed by atoms with Gasteiger partial charge in [-0.25, -0.2) is 4.39 Å². The molecule has 2 fully saturated rings. The third-order valence-electron chi connectivity index (χ3n) is 4.64. The number of Topliss-reactive ketones (excluding diaryl/α,β-unsaturated/α-hetero) is 1. The van der Waals surface area contributed by atoms with E-state index in [0.29, 0.717) is 18.0 Å². The minimum absolute atomic E-state index is 0.128. The van der Waals surface area contributed by atoms with Crippen LogP contribution in [0.25, 0.3) is 0 Å². The van der Waals surface area contributed by atoms with Crippen molar-refractivity contribution in [2.45, 2.75) is 51.6 Å². The van der Waals surface area contributed by atoms with E-state index >= 15 is 0 Å². The molecular formula is C16H19FO2. The van der Waals surface area contributed by atoms with Crippen LogP contribution in [-0.4, -0.2) is 11.9 Å². The molecule has 0 heterocycles. The topological polar surface area (TPSA) is 26.3 Å². The zero-order chi connectivity index (χ0) is 13.5. The van der Waals surface area contributed by atoms with E-state index in [4.69, 9.17) is 4.74 Å². The van der Waals surface area contributed by atoms with E-state index in [9.17, 15) is 9.18 Å². The molecule has 2 nitrogen and oxygen atoms in total. The lowest BCUT2D eigenvalue weighted by atomic mass is 9.57. The summed E-state index contributed by atoms with van der Waals surface area (Å²) >= 11 is 0. The fraction of sp³-hybridized carbons (Fsp3) is 0.562. The Morgan fingerprint density at radius 2 is 2.00 bits per heavy atom. The summed E-state index contributed by atoms with van der Waals surface area (Å²) in [5, 5.41) is 0. The molecular weight excluding hydrogens is 243 g/mol. The van der Waals surface area contributed by atoms with Crippen molar-refractivity contribution >= 4 is 5.78 Å². The van der Waals surface area contributed by atoms with Crippen molar-refractivity contribution < 1.29 is 13.9 Å². The first-order valence-electron chi connectivity index (χ1n) is 7.08. The van der Waals surface area contributed by atoms with Crippen LogP contribution in [0.4, 0.5) is 4.39 Å². The highest BCUT2D eigenvalue weighted by molar-refractivity contribution is 5.92. The molecule has 1 unspecified atom stereocenters. The highest BCUT2D eigenvalue weighted by Gasteiger charge is 2.56. The van der Waals surface area contributed by atoms with Crippen molar-refractivity contribution in [1.29, 1.82) is 0 Å². The Hall–Kier alpha value is -1.38. The molecule has 1 spiro atoms. The van der Waals surface area contributed by atoms with Gasteiger partial charge in [-0.1, -0.05) is 25.3 Å². The van der Waals surface area contributed by atoms with Gasteiger partial charge < -0.3 is 4.74 Å². The van der Waals surface area contributed by atoms with Gasteiger partial charge >= 0.3 is 0 Å². The molecule has 0 aromatic heterocycles. The molecule has 102 valence electrons. The Morgan fingerprint density at radius 3 is 2.68 bits per heavy atom. The van der Waals surface area contributed by atoms with Gasteiger partial charge in [0, 0.05) is 6.42 Å². The van der Waals surface area contributed by atoms with Gasteiger partial charge in [0.15, 0.2) is 11.6 Å². The minimum Gasteiger partial charge on any atom is -0.486 e. The molecule has 1 aromatic rings. The van der Waals surface area contributed by atoms with Crippen molar-refractivity contribution in [3.8, 4) is 5.75 Å². The fourth-order valence-corrected chi connectivity index (χ4v) is 3.41. The van der Waals surface area contributed by atoms with E-state index in [2.05, 4.69) is 0 Å². The molecule has 0 saturated heterocycles. The van der Waals surface area contributed by atoms with Gasteiger partial charge in [-0.2, -0.15) is 0 Å². The van der Waals surface area contributed by atoms with Gasteiger partial charge in [-0.3, -0.25) is 4.79 Å². The highest BCUT2D eigenvalue weighted by Crippen LogP contribution is 2.50. The Bertz CT molecular complexity index is 503. The number of carbonyl (C=O) groups excluding carboxylic acids is 1. The number of hydrogen-bond donors (Lipinski definition) is 0. The summed E-state index contributed by atoms with van der Waals surface area (Å²) in [5.41, 5.74) is 0.661. The fourth-order valence-electron chi connectivity index (χ4n) is 3.41. The molecule has 0 amide bonds. The Labute approximate surface area is 113 Å². The molecule has 2 aliphatic rings. The molecule has 2 saturated carbocycles. The lowest BCUT2D eigenvalue weighted by molar-refractivity contribution is -0.156. The predicted octanol–water partition coefficient (Wildman–Crippen LogP) is 3.80. The molecule has 3 rings (SSSR count). The molecule has 3 heteroatoms. The normalized spacial score (nSPS) is 25.2. The van der Waals surface area contributed by atoms with Crippen LogP contribution in [0.2, 0.25) is 0 Å². The quantitative estimate of drug-likeness (QED) is 0.810. The van der Waals surface area contributed by atoms with Gasteiger partial charge in [0.2, 0.25) is 0 Å². The average Bonchev–Trinajstić information content (AvgIpc) is 2.43. The Kier molecular flexibility index (Phi) is 3.08. The van der Waals surface area contributed by atoms with Gasteiger partial charge in [0.1, 0.15) is 11.9 Å². The third-order valence-corrected chi connectivity index (χ3v) is 4.64. The first kappa shape index (κ1) is 12.6. The number of hydrogen-bond acceptors (Lipinski definition) is 2. The largest absolute Gasteiger partial charge is 0.486 e. The zero-order valence-electron chi connectivity index (χ0n) is 11.2. The van der Waals surface area contributed by atoms with Gasteiger partial charge in [0.05, 0.1) is 5.41 Å². The molecule has 1 atom stereocenters. The number of benzene rings is 1. The summed E-state index contributed by atoms with van der Waals surface area (Å²) in [6.07, 6.45) is 5.49. The van der Waals surface area contributed by atoms with Crippen LogP contribution >= 0.6 is 0 Å². The SMILES string of the molecule is Cc1ccc(F)c(OC2CC(=O)C23CCCCC3)c1. The third kappa shape index (κ3) is 2.05. The Balaban J connectivity index is 1.80. The maximum Gasteiger partial charge on any atom is 0.165 e. The van der Waals surface area contributed by atoms with Crippen LogP contribution in [0.3, 0.4) is 0 Å². The van der Waals surface area contributed by atoms with Crippen LogP contribution in [0.5, 0.6) is 5.75 Å². The highest BCUT2D eigenvalue weighted by atomic mass is 19.1. The minimum atomic E-state index is -0.337. The summed E-state index contributed by atoms with van der Waals surface area (Å²) in [5.74, 6) is 0.267. The second kappa shape index (κ2) is 4.62. The van der Waals surface area contributed by atoms with Gasteiger partial charge in [-0.05, 0) is 37.5 Å². The van der Waals surface area contributed by atoms with E-state index in [0.717, 1.165) is 31.2 Å². The zero-order valence-corrected chi connectivity index (χ0v) is 11.2. The number of halogens is 1. The van der Waals surface area contributed by atoms with Crippen molar-refractivity contribution in [2.75, 3.05) is 0 Å². The monoisotopic (exact) mass is 262 g/mol. The number of carbonyl (C=O) groups is 1. The summed E-state index contributed by atoms with van der Waals surface area (Å²) in [6, 6.07) is 4.87. The van der Waals surface area contributed by atoms with E-state index in [-0.39, 0.29) is 17.3 Å². The van der Waals surface area contributed by atoms with Crippen LogP contribution in [0.1, 0.15) is 44.1 Å². The number of ether oxygens (including phenoxy) is 1. The second-order valence-electron chi connectivity index (χ2n) is 5.88. The van der Waals surface area contributed by atoms with Crippen LogP contribution in [0.15, 0.2) is 18.2 Å². The molecule has 0 bridgehead atoms. The number of aryl methyl sites for hydroxylation is 1. The van der Waals surface area contributed by atoms with Crippen molar-refractivity contribution in [2.24, 2.45) is 5.41 Å². The summed E-state index contributed by atoms with van der Waals surface area (Å²) in [4.78, 5) is 12.0. The summed E-state index contributed by atoms with van der Waals surface area (Å²) < 4.78 is 19.6. The van der Waals surface area contributed by atoms with Crippen LogP contribution in [0, 0.1) is 18.2 Å². The Morgan fingerprint density at radius 1 is 1.26 bits per heavy atom. The van der Waals surface area contributed by atoms with Crippen LogP contribution in [-0.2, 0) is 4.79 Å². The molecule has 19 heavy (non-hydrogen) atoms. The molecule has 1 aromatic carbocycles. The van der Waals surface area contributed by atoms with E-state index < -0.39 is 0 Å². The van der Waals surface area contributed by atoms with Crippen molar-refractivity contribution in [3.63, 3.8) is 0 Å². The van der Waals surface area contributed by atoms with Gasteiger partial charge in [-0.15, -0.1) is 0 Å². The van der Waals surface area contributed by atoms with E-state index in [1.807, 2.05) is 6.92 Å². The van der Waals surface area contributed by atoms with E-state index in [1.165, 1.54) is 12.5 Å². The maximum absolute atomic E-state index is 13.7. The molecule has 0 aliphatic heterocycles. The second-order valence-corrected chi connectivity index (χ2v) is 5.88. The number of ketones is 1. The van der Waals surface area contributed by atoms with Crippen LogP contribution < -0.4 is 4.74 Å². The lowest BCUT2D eigenvalue weighted by Gasteiger charge is -2.49. The first-order chi connectivity index (χ1) is 9.12. The maximum atomic E-state index is 13.7. The lowest BCUT2D eigenvalue weighted by Crippen LogP contribution is -2.57. The number of rotatable bonds is 2. The first-order valence-corrected chi connectivity index (χ1v) is 7.08. The van der Waals surface area contributed by atoms with E-state index in [1.54, 1.807) is 12.1 Å². The molecule has 0 radical (unpaired) electrons. The standard InChI is InChI=1S/C16H19FO2/c1-11-5-6-12(17)13(9-11)19-15-10-14(18)16(15)7-3-2-4-8-16/h5-6,9,15H,2-4,7-8,10H2,1H3. The van der Waals surface area contributed by atoms with Crippen molar-refractivity contribution in [1.82, 2.24) is 0 Å².